The third kappa shape index (κ3) is 5.47. The molecule has 1 fully saturated rings. The van der Waals surface area contributed by atoms with E-state index in [0.29, 0.717) is 5.92 Å². The summed E-state index contributed by atoms with van der Waals surface area (Å²) in [4.78, 5) is 0. The first-order valence-corrected chi connectivity index (χ1v) is 17.7. The molecule has 2 atom stereocenters. The standard InChI is InChI=1S/C29H37.C5H5.2CH3.2ClH.Si.Zr/c1-18-25-22-17-19-13-9-10-14-20(19)24(22)21-15-11-12-16-23(21)29(25,8)28(6,7)27(4,5)26(18,2)3;1-2-4-5-3-1;;;;;;/h9-11,13-15,23H,12,16-17H2,1-8H3;1-3H,4H2;2*1H3;2*1H;;/q4*-1;;;;. The number of rotatable bonds is 0. The molecule has 0 N–H and O–H groups in total. The summed E-state index contributed by atoms with van der Waals surface area (Å²) in [5, 5.41) is 0. The van der Waals surface area contributed by atoms with Crippen molar-refractivity contribution in [1.82, 2.24) is 0 Å². The molecule has 6 rings (SSSR count). The summed E-state index contributed by atoms with van der Waals surface area (Å²) in [5.41, 5.74) is 10.3. The first-order chi connectivity index (χ1) is 17.0. The zero-order chi connectivity index (χ0) is 26.5. The fraction of sp³-hybridized carbons (Fsp3) is 0.472. The van der Waals surface area contributed by atoms with E-state index in [4.69, 9.17) is 0 Å². The number of fused-ring (bicyclic) bond motifs is 6. The van der Waals surface area contributed by atoms with E-state index in [0.717, 1.165) is 12.8 Å². The molecular formula is C36H50Cl2SiZr-4. The van der Waals surface area contributed by atoms with Crippen molar-refractivity contribution < 1.29 is 23.3 Å². The Balaban J connectivity index is 0.00000124. The van der Waals surface area contributed by atoms with Gasteiger partial charge in [-0.25, -0.2) is 18.1 Å². The molecule has 2 unspecified atom stereocenters. The summed E-state index contributed by atoms with van der Waals surface area (Å²) in [5.74, 6) is 2.24. The van der Waals surface area contributed by atoms with Crippen LogP contribution in [0.4, 0.5) is 0 Å². The summed E-state index contributed by atoms with van der Waals surface area (Å²) < 4.78 is 0. The molecule has 4 heteroatoms. The molecule has 2 radical (unpaired) electrons. The van der Waals surface area contributed by atoms with E-state index in [1.165, 1.54) is 47.3 Å². The molecule has 220 valence electrons. The van der Waals surface area contributed by atoms with Gasteiger partial charge in [-0.2, -0.15) is 17.2 Å². The van der Waals surface area contributed by atoms with Crippen molar-refractivity contribution in [1.29, 1.82) is 0 Å². The Labute approximate surface area is 276 Å². The Morgan fingerprint density at radius 2 is 1.55 bits per heavy atom. The van der Waals surface area contributed by atoms with Gasteiger partial charge in [0.2, 0.25) is 0 Å². The summed E-state index contributed by atoms with van der Waals surface area (Å²) >= 11 is 1.36. The van der Waals surface area contributed by atoms with Gasteiger partial charge < -0.3 is 14.9 Å². The van der Waals surface area contributed by atoms with Gasteiger partial charge in [0, 0.05) is 0 Å². The SMILES string of the molecule is C[C-]1C2=C3Cc4ccccc4C3=C3C=CCCC3C2(C)C(C)(C)C(C)(C)C1(C)C.Cl.Cl.[C-]1=CC=CC1.[CH3-].[CH3-].[Si]=[Zr]. The average molecular weight is 673 g/mol. The fourth-order valence-corrected chi connectivity index (χ4v) is 7.91. The molecule has 0 heterocycles. The number of allylic oxidation sites excluding steroid dienone is 10. The molecule has 40 heavy (non-hydrogen) atoms. The normalized spacial score (nSPS) is 26.4. The van der Waals surface area contributed by atoms with Crippen molar-refractivity contribution in [3.8, 4) is 0 Å². The molecule has 1 saturated carbocycles. The second-order valence-electron chi connectivity index (χ2n) is 12.8. The minimum absolute atomic E-state index is 0. The fourth-order valence-electron chi connectivity index (χ4n) is 7.91. The third-order valence-corrected chi connectivity index (χ3v) is 11.4. The van der Waals surface area contributed by atoms with Crippen LogP contribution in [-0.2, 0) is 29.8 Å². The van der Waals surface area contributed by atoms with Crippen LogP contribution in [0.15, 0.2) is 71.4 Å². The molecule has 0 aliphatic heterocycles. The van der Waals surface area contributed by atoms with Crippen LogP contribution in [0.5, 0.6) is 0 Å². The zero-order valence-corrected chi connectivity index (χ0v) is 31.5. The molecule has 0 saturated heterocycles. The van der Waals surface area contributed by atoms with Gasteiger partial charge in [-0.1, -0.05) is 113 Å². The van der Waals surface area contributed by atoms with E-state index in [1.807, 2.05) is 12.2 Å². The number of halogens is 2. The van der Waals surface area contributed by atoms with Crippen molar-refractivity contribution in [2.24, 2.45) is 27.6 Å². The van der Waals surface area contributed by atoms with Gasteiger partial charge in [-0.3, -0.25) is 6.08 Å². The Kier molecular flexibility index (Phi) is 14.1. The summed E-state index contributed by atoms with van der Waals surface area (Å²) in [6.45, 7) is 23.4. The number of hydrogen-bond acceptors (Lipinski definition) is 0. The van der Waals surface area contributed by atoms with E-state index >= 15 is 0 Å². The Bertz CT molecular complexity index is 1190. The van der Waals surface area contributed by atoms with E-state index in [2.05, 4.69) is 111 Å². The van der Waals surface area contributed by atoms with Gasteiger partial charge in [0.15, 0.2) is 0 Å². The van der Waals surface area contributed by atoms with Crippen LogP contribution in [0.2, 0.25) is 0 Å². The van der Waals surface area contributed by atoms with Crippen LogP contribution in [0.1, 0.15) is 85.8 Å². The van der Waals surface area contributed by atoms with Crippen LogP contribution in [0.25, 0.3) is 5.57 Å². The molecule has 0 bridgehead atoms. The van der Waals surface area contributed by atoms with E-state index < -0.39 is 0 Å². The van der Waals surface area contributed by atoms with Gasteiger partial charge in [0.25, 0.3) is 0 Å². The third-order valence-electron chi connectivity index (χ3n) is 11.4. The van der Waals surface area contributed by atoms with Crippen molar-refractivity contribution in [3.05, 3.63) is 109 Å². The monoisotopic (exact) mass is 670 g/mol. The number of benzene rings is 1. The van der Waals surface area contributed by atoms with E-state index in [9.17, 15) is 0 Å². The van der Waals surface area contributed by atoms with Crippen LogP contribution in [0, 0.1) is 54.4 Å². The quantitative estimate of drug-likeness (QED) is 0.190. The first kappa shape index (κ1) is 39.5. The second-order valence-corrected chi connectivity index (χ2v) is 12.8. The summed E-state index contributed by atoms with van der Waals surface area (Å²) in [7, 11) is 0. The molecule has 1 aromatic rings. The second kappa shape index (κ2) is 14.3. The van der Waals surface area contributed by atoms with Crippen LogP contribution < -0.4 is 0 Å². The Hall–Kier alpha value is -0.530. The summed E-state index contributed by atoms with van der Waals surface area (Å²) in [6, 6.07) is 9.16. The van der Waals surface area contributed by atoms with Gasteiger partial charge in [0.05, 0.1) is 0 Å². The van der Waals surface area contributed by atoms with Crippen molar-refractivity contribution in [2.45, 2.75) is 81.1 Å². The van der Waals surface area contributed by atoms with E-state index in [1.54, 1.807) is 28.2 Å². The van der Waals surface area contributed by atoms with Gasteiger partial charge in [-0.05, 0) is 40.6 Å². The topological polar surface area (TPSA) is 0 Å². The van der Waals surface area contributed by atoms with Crippen LogP contribution >= 0.6 is 24.8 Å². The maximum absolute atomic E-state index is 3.06. The molecule has 5 aliphatic rings. The maximum atomic E-state index is 3.06. The van der Waals surface area contributed by atoms with Crippen molar-refractivity contribution in [2.75, 3.05) is 0 Å². The van der Waals surface area contributed by atoms with Gasteiger partial charge in [0.1, 0.15) is 0 Å². The Morgan fingerprint density at radius 1 is 0.925 bits per heavy atom. The molecule has 0 nitrogen and oxygen atoms in total. The van der Waals surface area contributed by atoms with Crippen molar-refractivity contribution >= 4 is 37.3 Å². The zero-order valence-electron chi connectivity index (χ0n) is 26.4. The predicted molar refractivity (Wildman–Crippen MR) is 179 cm³/mol. The Morgan fingerprint density at radius 3 is 2.10 bits per heavy atom. The van der Waals surface area contributed by atoms with Crippen molar-refractivity contribution in [3.63, 3.8) is 0 Å². The molecule has 0 amide bonds. The molecular weight excluding hydrogens is 623 g/mol. The molecule has 0 spiro atoms. The van der Waals surface area contributed by atoms with Crippen LogP contribution in [0.3, 0.4) is 0 Å². The van der Waals surface area contributed by atoms with Gasteiger partial charge >= 0.3 is 30.2 Å². The van der Waals surface area contributed by atoms with E-state index in [-0.39, 0.29) is 61.3 Å². The minimum atomic E-state index is 0. The van der Waals surface area contributed by atoms with Crippen LogP contribution in [-0.4, -0.2) is 6.88 Å². The van der Waals surface area contributed by atoms with Gasteiger partial charge in [-0.15, -0.1) is 38.2 Å². The molecule has 0 aromatic heterocycles. The molecule has 1 aromatic carbocycles. The predicted octanol–water partition coefficient (Wildman–Crippen LogP) is 10.6. The first-order valence-electron chi connectivity index (χ1n) is 13.5. The summed E-state index contributed by atoms with van der Waals surface area (Å²) in [6.07, 6.45) is 18.5. The average Bonchev–Trinajstić information content (AvgIpc) is 3.56. The number of hydrogen-bond donors (Lipinski definition) is 0. The molecule has 5 aliphatic carbocycles.